The number of carbonyl (C=O) groups is 1. The largest absolute Gasteiger partial charge is 0.355 e. The highest BCUT2D eigenvalue weighted by atomic mass is 16.2. The predicted octanol–water partition coefficient (Wildman–Crippen LogP) is 1.39. The summed E-state index contributed by atoms with van der Waals surface area (Å²) >= 11 is 0. The molecule has 0 radical (unpaired) electrons. The highest BCUT2D eigenvalue weighted by molar-refractivity contribution is 5.77. The van der Waals surface area contributed by atoms with Gasteiger partial charge in [-0.05, 0) is 32.4 Å². The molecule has 0 unspecified atom stereocenters. The molecule has 3 nitrogen and oxygen atoms in total. The Morgan fingerprint density at radius 3 is 2.64 bits per heavy atom. The molecule has 0 aromatic heterocycles. The van der Waals surface area contributed by atoms with Gasteiger partial charge in [-0.25, -0.2) is 0 Å². The summed E-state index contributed by atoms with van der Waals surface area (Å²) < 4.78 is 0. The Balaban J connectivity index is 1.98. The van der Waals surface area contributed by atoms with Gasteiger partial charge in [0, 0.05) is 6.54 Å². The van der Waals surface area contributed by atoms with Gasteiger partial charge in [-0.3, -0.25) is 9.69 Å². The zero-order valence-corrected chi connectivity index (χ0v) is 9.22. The van der Waals surface area contributed by atoms with Gasteiger partial charge in [-0.2, -0.15) is 0 Å². The van der Waals surface area contributed by atoms with E-state index < -0.39 is 0 Å². The Kier molecular flexibility index (Phi) is 5.60. The molecule has 1 aliphatic heterocycles. The van der Waals surface area contributed by atoms with Crippen LogP contribution in [0, 0.1) is 0 Å². The van der Waals surface area contributed by atoms with Crippen LogP contribution in [0.15, 0.2) is 0 Å². The van der Waals surface area contributed by atoms with E-state index in [9.17, 15) is 4.79 Å². The van der Waals surface area contributed by atoms with Crippen molar-refractivity contribution >= 4 is 5.91 Å². The smallest absolute Gasteiger partial charge is 0.234 e. The Hall–Kier alpha value is -0.570. The van der Waals surface area contributed by atoms with Gasteiger partial charge in [0.05, 0.1) is 6.54 Å². The number of rotatable bonds is 6. The molecule has 3 heteroatoms. The fourth-order valence-electron chi connectivity index (χ4n) is 1.80. The molecule has 0 aliphatic carbocycles. The molecule has 1 aliphatic rings. The molecule has 0 aromatic carbocycles. The number of unbranched alkanes of at least 4 members (excludes halogenated alkanes) is 2. The van der Waals surface area contributed by atoms with Crippen molar-refractivity contribution in [2.24, 2.45) is 0 Å². The third kappa shape index (κ3) is 4.61. The Morgan fingerprint density at radius 2 is 2.00 bits per heavy atom. The van der Waals surface area contributed by atoms with Gasteiger partial charge in [0.25, 0.3) is 0 Å². The molecule has 1 heterocycles. The van der Waals surface area contributed by atoms with E-state index in [4.69, 9.17) is 0 Å². The van der Waals surface area contributed by atoms with Crippen LogP contribution >= 0.6 is 0 Å². The highest BCUT2D eigenvalue weighted by Gasteiger charge is 2.14. The monoisotopic (exact) mass is 198 g/mol. The van der Waals surface area contributed by atoms with Crippen LogP contribution < -0.4 is 5.32 Å². The summed E-state index contributed by atoms with van der Waals surface area (Å²) in [7, 11) is 0. The van der Waals surface area contributed by atoms with Crippen LogP contribution in [0.2, 0.25) is 0 Å². The van der Waals surface area contributed by atoms with E-state index in [1.807, 2.05) is 0 Å². The maximum absolute atomic E-state index is 11.4. The van der Waals surface area contributed by atoms with Gasteiger partial charge in [0.1, 0.15) is 0 Å². The molecule has 1 rings (SSSR count). The maximum atomic E-state index is 11.4. The lowest BCUT2D eigenvalue weighted by molar-refractivity contribution is -0.122. The molecule has 0 saturated carbocycles. The molecule has 14 heavy (non-hydrogen) atoms. The first-order valence-electron chi connectivity index (χ1n) is 5.82. The normalized spacial score (nSPS) is 17.2. The van der Waals surface area contributed by atoms with Gasteiger partial charge in [0.15, 0.2) is 0 Å². The average molecular weight is 198 g/mol. The lowest BCUT2D eigenvalue weighted by atomic mass is 10.2. The Labute approximate surface area is 86.9 Å². The van der Waals surface area contributed by atoms with Crippen LogP contribution in [-0.2, 0) is 4.79 Å². The zero-order valence-electron chi connectivity index (χ0n) is 9.22. The predicted molar refractivity (Wildman–Crippen MR) is 58.2 cm³/mol. The first-order chi connectivity index (χ1) is 6.83. The van der Waals surface area contributed by atoms with Crippen LogP contribution in [0.4, 0.5) is 0 Å². The minimum atomic E-state index is 0.197. The first-order valence-corrected chi connectivity index (χ1v) is 5.82. The number of amides is 1. The summed E-state index contributed by atoms with van der Waals surface area (Å²) in [5.41, 5.74) is 0. The number of carbonyl (C=O) groups excluding carboxylic acids is 1. The van der Waals surface area contributed by atoms with Crippen molar-refractivity contribution in [3.05, 3.63) is 0 Å². The van der Waals surface area contributed by atoms with E-state index in [0.717, 1.165) is 26.1 Å². The van der Waals surface area contributed by atoms with E-state index in [2.05, 4.69) is 17.1 Å². The van der Waals surface area contributed by atoms with Crippen molar-refractivity contribution in [3.8, 4) is 0 Å². The molecule has 0 bridgehead atoms. The van der Waals surface area contributed by atoms with Gasteiger partial charge in [0.2, 0.25) is 5.91 Å². The summed E-state index contributed by atoms with van der Waals surface area (Å²) in [5, 5.41) is 2.96. The Morgan fingerprint density at radius 1 is 1.29 bits per heavy atom. The van der Waals surface area contributed by atoms with Gasteiger partial charge in [-0.1, -0.05) is 19.8 Å². The Bertz CT molecular complexity index is 165. The molecular formula is C11H22N2O. The van der Waals surface area contributed by atoms with Crippen LogP contribution in [0.25, 0.3) is 0 Å². The summed E-state index contributed by atoms with van der Waals surface area (Å²) in [5.74, 6) is 0.197. The van der Waals surface area contributed by atoms with Crippen LogP contribution in [0.1, 0.15) is 39.0 Å². The third-order valence-electron chi connectivity index (χ3n) is 2.67. The quantitative estimate of drug-likeness (QED) is 0.654. The zero-order chi connectivity index (χ0) is 10.2. The topological polar surface area (TPSA) is 32.3 Å². The minimum Gasteiger partial charge on any atom is -0.355 e. The van der Waals surface area contributed by atoms with Crippen LogP contribution in [0.5, 0.6) is 0 Å². The molecule has 1 fully saturated rings. The molecule has 0 atom stereocenters. The summed E-state index contributed by atoms with van der Waals surface area (Å²) in [4.78, 5) is 13.6. The fourth-order valence-corrected chi connectivity index (χ4v) is 1.80. The highest BCUT2D eigenvalue weighted by Crippen LogP contribution is 2.05. The number of hydrogen-bond acceptors (Lipinski definition) is 2. The van der Waals surface area contributed by atoms with E-state index in [-0.39, 0.29) is 5.91 Å². The van der Waals surface area contributed by atoms with Crippen LogP contribution in [0.3, 0.4) is 0 Å². The van der Waals surface area contributed by atoms with E-state index in [0.29, 0.717) is 6.54 Å². The molecule has 82 valence electrons. The van der Waals surface area contributed by atoms with Gasteiger partial charge < -0.3 is 5.32 Å². The number of likely N-dealkylation sites (tertiary alicyclic amines) is 1. The molecule has 1 amide bonds. The molecule has 1 N–H and O–H groups in total. The lowest BCUT2D eigenvalue weighted by Crippen LogP contribution is -2.36. The first kappa shape index (κ1) is 11.5. The maximum Gasteiger partial charge on any atom is 0.234 e. The summed E-state index contributed by atoms with van der Waals surface area (Å²) in [6.07, 6.45) is 6.04. The van der Waals surface area contributed by atoms with Crippen molar-refractivity contribution in [2.75, 3.05) is 26.2 Å². The number of hydrogen-bond donors (Lipinski definition) is 1. The van der Waals surface area contributed by atoms with Gasteiger partial charge in [-0.15, -0.1) is 0 Å². The second kappa shape index (κ2) is 6.82. The van der Waals surface area contributed by atoms with E-state index >= 15 is 0 Å². The van der Waals surface area contributed by atoms with Crippen LogP contribution in [-0.4, -0.2) is 37.0 Å². The number of nitrogens with zero attached hydrogens (tertiary/aromatic N) is 1. The minimum absolute atomic E-state index is 0.197. The third-order valence-corrected chi connectivity index (χ3v) is 2.67. The second-order valence-corrected chi connectivity index (χ2v) is 4.04. The van der Waals surface area contributed by atoms with E-state index in [1.54, 1.807) is 0 Å². The van der Waals surface area contributed by atoms with Gasteiger partial charge >= 0.3 is 0 Å². The SMILES string of the molecule is CCCCCNC(=O)CN1CCCC1. The summed E-state index contributed by atoms with van der Waals surface area (Å²) in [6, 6.07) is 0. The molecule has 0 spiro atoms. The standard InChI is InChI=1S/C11H22N2O/c1-2-3-4-7-12-11(14)10-13-8-5-6-9-13/h2-10H2,1H3,(H,12,14). The van der Waals surface area contributed by atoms with Crippen molar-refractivity contribution in [1.29, 1.82) is 0 Å². The van der Waals surface area contributed by atoms with Crippen molar-refractivity contribution < 1.29 is 4.79 Å². The molecule has 0 aromatic rings. The van der Waals surface area contributed by atoms with Crippen molar-refractivity contribution in [3.63, 3.8) is 0 Å². The van der Waals surface area contributed by atoms with Crippen molar-refractivity contribution in [2.45, 2.75) is 39.0 Å². The van der Waals surface area contributed by atoms with Crippen molar-refractivity contribution in [1.82, 2.24) is 10.2 Å². The van der Waals surface area contributed by atoms with E-state index in [1.165, 1.54) is 25.7 Å². The fraction of sp³-hybridized carbons (Fsp3) is 0.909. The molecular weight excluding hydrogens is 176 g/mol. The second-order valence-electron chi connectivity index (χ2n) is 4.04. The lowest BCUT2D eigenvalue weighted by Gasteiger charge is -2.13. The molecule has 1 saturated heterocycles. The summed E-state index contributed by atoms with van der Waals surface area (Å²) in [6.45, 7) is 5.82. The number of nitrogens with one attached hydrogen (secondary N) is 1. The average Bonchev–Trinajstić information content (AvgIpc) is 2.65.